The highest BCUT2D eigenvalue weighted by molar-refractivity contribution is 7.15. The second-order valence-corrected chi connectivity index (χ2v) is 6.48. The van der Waals surface area contributed by atoms with E-state index in [0.29, 0.717) is 16.6 Å². The van der Waals surface area contributed by atoms with Gasteiger partial charge in [-0.05, 0) is 37.1 Å². The summed E-state index contributed by atoms with van der Waals surface area (Å²) >= 11 is 7.51. The molecule has 0 aliphatic carbocycles. The number of rotatable bonds is 5. The first kappa shape index (κ1) is 16.5. The Morgan fingerprint density at radius 1 is 1.42 bits per heavy atom. The first-order valence-corrected chi connectivity index (χ1v) is 8.43. The van der Waals surface area contributed by atoms with Crippen LogP contribution in [0, 0.1) is 13.8 Å². The van der Waals surface area contributed by atoms with E-state index in [1.165, 1.54) is 17.6 Å². The Bertz CT molecular complexity index is 896. The number of fused-ring (bicyclic) bond motifs is 1. The van der Waals surface area contributed by atoms with E-state index in [2.05, 4.69) is 15.5 Å². The summed E-state index contributed by atoms with van der Waals surface area (Å²) in [5.41, 5.74) is 5.19. The van der Waals surface area contributed by atoms with Crippen molar-refractivity contribution in [3.8, 4) is 5.75 Å². The molecule has 0 radical (unpaired) electrons. The van der Waals surface area contributed by atoms with Crippen molar-refractivity contribution >= 4 is 40.0 Å². The summed E-state index contributed by atoms with van der Waals surface area (Å²) < 4.78 is 7.27. The first-order chi connectivity index (χ1) is 11.5. The lowest BCUT2D eigenvalue weighted by molar-refractivity contribution is -0.123. The number of imidazole rings is 1. The number of nitrogens with zero attached hydrogens (tertiary/aromatic N) is 3. The molecule has 0 unspecified atom stereocenters. The van der Waals surface area contributed by atoms with Gasteiger partial charge in [0.05, 0.1) is 6.21 Å². The van der Waals surface area contributed by atoms with Crippen LogP contribution < -0.4 is 10.2 Å². The highest BCUT2D eigenvalue weighted by Gasteiger charge is 2.09. The molecule has 3 rings (SSSR count). The molecule has 1 aromatic carbocycles. The smallest absolute Gasteiger partial charge is 0.277 e. The van der Waals surface area contributed by atoms with Crippen LogP contribution in [0.5, 0.6) is 5.75 Å². The minimum Gasteiger partial charge on any atom is -0.484 e. The normalized spacial score (nSPS) is 11.3. The molecule has 2 aromatic heterocycles. The lowest BCUT2D eigenvalue weighted by Gasteiger charge is -2.07. The first-order valence-electron chi connectivity index (χ1n) is 7.17. The molecule has 0 saturated heterocycles. The molecule has 0 aliphatic rings. The van der Waals surface area contributed by atoms with Crippen LogP contribution in [0.4, 0.5) is 0 Å². The van der Waals surface area contributed by atoms with Crippen LogP contribution in [0.1, 0.15) is 16.8 Å². The van der Waals surface area contributed by atoms with Gasteiger partial charge in [0.25, 0.3) is 5.91 Å². The van der Waals surface area contributed by atoms with Crippen molar-refractivity contribution in [1.82, 2.24) is 14.8 Å². The van der Waals surface area contributed by atoms with E-state index in [1.54, 1.807) is 4.40 Å². The number of nitrogens with one attached hydrogen (secondary N) is 1. The number of amides is 1. The van der Waals surface area contributed by atoms with Crippen LogP contribution in [0.2, 0.25) is 5.15 Å². The molecular weight excluding hydrogens is 348 g/mol. The van der Waals surface area contributed by atoms with Crippen molar-refractivity contribution in [2.24, 2.45) is 5.10 Å². The van der Waals surface area contributed by atoms with Gasteiger partial charge in [0.15, 0.2) is 16.7 Å². The number of aryl methyl sites for hydroxylation is 2. The van der Waals surface area contributed by atoms with Crippen LogP contribution in [0.3, 0.4) is 0 Å². The van der Waals surface area contributed by atoms with Gasteiger partial charge in [0.1, 0.15) is 11.4 Å². The summed E-state index contributed by atoms with van der Waals surface area (Å²) in [6.45, 7) is 3.84. The van der Waals surface area contributed by atoms with Crippen molar-refractivity contribution < 1.29 is 9.53 Å². The molecule has 0 spiro atoms. The second-order valence-electron chi connectivity index (χ2n) is 5.25. The summed E-state index contributed by atoms with van der Waals surface area (Å²) in [4.78, 5) is 16.8. The van der Waals surface area contributed by atoms with Gasteiger partial charge in [-0.3, -0.25) is 9.20 Å². The van der Waals surface area contributed by atoms with E-state index >= 15 is 0 Å². The van der Waals surface area contributed by atoms with E-state index in [4.69, 9.17) is 16.3 Å². The highest BCUT2D eigenvalue weighted by atomic mass is 35.5. The minimum atomic E-state index is -0.354. The number of benzene rings is 1. The molecule has 0 saturated carbocycles. The number of hydrogen-bond acceptors (Lipinski definition) is 5. The molecule has 8 heteroatoms. The third-order valence-corrected chi connectivity index (χ3v) is 4.23. The molecule has 6 nitrogen and oxygen atoms in total. The van der Waals surface area contributed by atoms with Gasteiger partial charge in [-0.15, -0.1) is 11.3 Å². The SMILES string of the molecule is Cc1cc(C)cc(OCC(=O)N/N=C\c2c(Cl)nc3sccn23)c1. The summed E-state index contributed by atoms with van der Waals surface area (Å²) in [5, 5.41) is 6.14. The fourth-order valence-electron chi connectivity index (χ4n) is 2.26. The molecule has 124 valence electrons. The van der Waals surface area contributed by atoms with Gasteiger partial charge >= 0.3 is 0 Å². The summed E-state index contributed by atoms with van der Waals surface area (Å²) in [6, 6.07) is 5.80. The van der Waals surface area contributed by atoms with Crippen LogP contribution in [0.15, 0.2) is 34.9 Å². The lowest BCUT2D eigenvalue weighted by Crippen LogP contribution is -2.24. The Morgan fingerprint density at radius 2 is 2.17 bits per heavy atom. The minimum absolute atomic E-state index is 0.117. The lowest BCUT2D eigenvalue weighted by atomic mass is 10.1. The Hall–Kier alpha value is -2.38. The number of aromatic nitrogens is 2. The maximum atomic E-state index is 11.8. The van der Waals surface area contributed by atoms with E-state index in [0.717, 1.165) is 16.1 Å². The van der Waals surface area contributed by atoms with E-state index in [-0.39, 0.29) is 12.5 Å². The topological polar surface area (TPSA) is 68.0 Å². The number of carbonyl (C=O) groups is 1. The Labute approximate surface area is 147 Å². The number of ether oxygens (including phenoxy) is 1. The predicted octanol–water partition coefficient (Wildman–Crippen LogP) is 3.20. The third kappa shape index (κ3) is 3.74. The number of hydrogen-bond donors (Lipinski definition) is 1. The zero-order valence-electron chi connectivity index (χ0n) is 13.1. The maximum Gasteiger partial charge on any atom is 0.277 e. The van der Waals surface area contributed by atoms with E-state index in [9.17, 15) is 4.79 Å². The fraction of sp³-hybridized carbons (Fsp3) is 0.188. The molecule has 24 heavy (non-hydrogen) atoms. The average molecular weight is 363 g/mol. The van der Waals surface area contributed by atoms with Crippen molar-refractivity contribution in [2.45, 2.75) is 13.8 Å². The van der Waals surface area contributed by atoms with E-state index in [1.807, 2.05) is 43.6 Å². The monoisotopic (exact) mass is 362 g/mol. The summed E-state index contributed by atoms with van der Waals surface area (Å²) in [5.74, 6) is 0.304. The summed E-state index contributed by atoms with van der Waals surface area (Å²) in [7, 11) is 0. The maximum absolute atomic E-state index is 11.8. The van der Waals surface area contributed by atoms with Crippen molar-refractivity contribution in [1.29, 1.82) is 0 Å². The van der Waals surface area contributed by atoms with Crippen LogP contribution in [-0.4, -0.2) is 28.1 Å². The van der Waals surface area contributed by atoms with Crippen LogP contribution in [-0.2, 0) is 4.79 Å². The van der Waals surface area contributed by atoms with Crippen LogP contribution >= 0.6 is 22.9 Å². The van der Waals surface area contributed by atoms with E-state index < -0.39 is 0 Å². The van der Waals surface area contributed by atoms with Gasteiger partial charge in [-0.25, -0.2) is 10.4 Å². The number of hydrazone groups is 1. The highest BCUT2D eigenvalue weighted by Crippen LogP contribution is 2.19. The predicted molar refractivity (Wildman–Crippen MR) is 95.2 cm³/mol. The zero-order valence-corrected chi connectivity index (χ0v) is 14.7. The van der Waals surface area contributed by atoms with Crippen molar-refractivity contribution in [2.75, 3.05) is 6.61 Å². The number of halogens is 1. The van der Waals surface area contributed by atoms with Gasteiger partial charge in [-0.1, -0.05) is 17.7 Å². The molecule has 2 heterocycles. The Kier molecular flexibility index (Phi) is 4.82. The number of thiazole rings is 1. The zero-order chi connectivity index (χ0) is 17.1. The molecule has 3 aromatic rings. The van der Waals surface area contributed by atoms with Gasteiger partial charge < -0.3 is 4.74 Å². The molecule has 0 aliphatic heterocycles. The number of carbonyl (C=O) groups excluding carboxylic acids is 1. The largest absolute Gasteiger partial charge is 0.484 e. The third-order valence-electron chi connectivity index (χ3n) is 3.20. The van der Waals surface area contributed by atoms with Crippen molar-refractivity contribution in [3.05, 3.63) is 51.7 Å². The fourth-order valence-corrected chi connectivity index (χ4v) is 3.25. The molecule has 1 amide bonds. The Morgan fingerprint density at radius 3 is 2.92 bits per heavy atom. The quantitative estimate of drug-likeness (QED) is 0.559. The van der Waals surface area contributed by atoms with Gasteiger partial charge in [0, 0.05) is 11.6 Å². The summed E-state index contributed by atoms with van der Waals surface area (Å²) in [6.07, 6.45) is 3.30. The molecule has 0 atom stereocenters. The van der Waals surface area contributed by atoms with Gasteiger partial charge in [0.2, 0.25) is 0 Å². The molecule has 0 bridgehead atoms. The average Bonchev–Trinajstić information content (AvgIpc) is 3.06. The Balaban J connectivity index is 1.57. The second kappa shape index (κ2) is 7.02. The van der Waals surface area contributed by atoms with Gasteiger partial charge in [-0.2, -0.15) is 5.10 Å². The molecular formula is C16H15ClN4O2S. The molecule has 1 N–H and O–H groups in total. The van der Waals surface area contributed by atoms with Crippen LogP contribution in [0.25, 0.3) is 4.96 Å². The standard InChI is InChI=1S/C16H15ClN4O2S/c1-10-5-11(2)7-12(6-10)23-9-14(22)20-18-8-13-15(17)19-16-21(13)3-4-24-16/h3-8H,9H2,1-2H3,(H,20,22)/b18-8-. The van der Waals surface area contributed by atoms with Crippen molar-refractivity contribution in [3.63, 3.8) is 0 Å². The molecule has 0 fully saturated rings.